The Hall–Kier alpha value is -1.86. The number of aromatic nitrogens is 1. The van der Waals surface area contributed by atoms with Crippen LogP contribution in [0.1, 0.15) is 62.3 Å². The van der Waals surface area contributed by atoms with Crippen molar-refractivity contribution in [2.24, 2.45) is 5.41 Å². The van der Waals surface area contributed by atoms with Crippen LogP contribution in [0.4, 0.5) is 0 Å². The molecule has 7 heteroatoms. The van der Waals surface area contributed by atoms with Gasteiger partial charge in [0.15, 0.2) is 11.7 Å². The Kier molecular flexibility index (Phi) is 5.17. The van der Waals surface area contributed by atoms with E-state index in [1.54, 1.807) is 13.2 Å². The number of hydrogen-bond acceptors (Lipinski definition) is 5. The average molecular weight is 446 g/mol. The summed E-state index contributed by atoms with van der Waals surface area (Å²) < 4.78 is 18.5. The minimum absolute atomic E-state index is 0.0611. The van der Waals surface area contributed by atoms with Gasteiger partial charge in [-0.25, -0.2) is 0 Å². The molecule has 6 nitrogen and oxygen atoms in total. The predicted octanol–water partition coefficient (Wildman–Crippen LogP) is 4.43. The maximum absolute atomic E-state index is 12.9. The van der Waals surface area contributed by atoms with Gasteiger partial charge in [0.1, 0.15) is 11.9 Å². The SMILES string of the molecule is COCCCOc1cc2c(cc1Cl)-c1cc(=O)c(C3OC3O)cn1[C@@H]1[C@H]2CCC1(C)C. The molecule has 1 aliphatic carbocycles. The molecule has 31 heavy (non-hydrogen) atoms. The molecule has 166 valence electrons. The number of aliphatic hydroxyl groups is 1. The fraction of sp³-hybridized carbons (Fsp3) is 0.542. The Balaban J connectivity index is 1.62. The van der Waals surface area contributed by atoms with E-state index in [2.05, 4.69) is 24.5 Å². The molecule has 0 amide bonds. The summed E-state index contributed by atoms with van der Waals surface area (Å²) in [5.41, 5.74) is 3.49. The van der Waals surface area contributed by atoms with Gasteiger partial charge in [-0.2, -0.15) is 0 Å². The Bertz CT molecular complexity index is 1080. The first-order valence-corrected chi connectivity index (χ1v) is 11.2. The van der Waals surface area contributed by atoms with Crippen molar-refractivity contribution in [3.8, 4) is 17.0 Å². The van der Waals surface area contributed by atoms with E-state index in [4.69, 9.17) is 25.8 Å². The summed E-state index contributed by atoms with van der Waals surface area (Å²) in [5.74, 6) is 0.985. The molecule has 5 rings (SSSR count). The second-order valence-corrected chi connectivity index (χ2v) is 9.88. The summed E-state index contributed by atoms with van der Waals surface area (Å²) in [5, 5.41) is 10.3. The lowest BCUT2D eigenvalue weighted by Crippen LogP contribution is -2.31. The predicted molar refractivity (Wildman–Crippen MR) is 118 cm³/mol. The number of fused-ring (bicyclic) bond motifs is 6. The number of epoxide rings is 1. The van der Waals surface area contributed by atoms with Crippen LogP contribution in [-0.4, -0.2) is 36.3 Å². The molecule has 0 radical (unpaired) electrons. The first kappa shape index (κ1) is 21.0. The van der Waals surface area contributed by atoms with Gasteiger partial charge in [-0.15, -0.1) is 0 Å². The van der Waals surface area contributed by atoms with Crippen LogP contribution >= 0.6 is 11.6 Å². The highest BCUT2D eigenvalue weighted by molar-refractivity contribution is 6.32. The summed E-state index contributed by atoms with van der Waals surface area (Å²) in [7, 11) is 1.68. The number of ether oxygens (including phenoxy) is 3. The van der Waals surface area contributed by atoms with Crippen LogP contribution < -0.4 is 10.2 Å². The topological polar surface area (TPSA) is 73.2 Å². The maximum Gasteiger partial charge on any atom is 0.188 e. The Labute approximate surface area is 186 Å². The summed E-state index contributed by atoms with van der Waals surface area (Å²) in [6.07, 6.45) is 3.41. The lowest BCUT2D eigenvalue weighted by molar-refractivity contribution is 0.156. The molecule has 2 aromatic rings. The minimum Gasteiger partial charge on any atom is -0.492 e. The van der Waals surface area contributed by atoms with E-state index in [1.807, 2.05) is 12.3 Å². The summed E-state index contributed by atoms with van der Waals surface area (Å²) in [6, 6.07) is 5.87. The first-order chi connectivity index (χ1) is 14.8. The summed E-state index contributed by atoms with van der Waals surface area (Å²) in [4.78, 5) is 12.9. The van der Waals surface area contributed by atoms with Crippen molar-refractivity contribution in [1.82, 2.24) is 4.57 Å². The Morgan fingerprint density at radius 1 is 1.26 bits per heavy atom. The molecule has 0 spiro atoms. The number of methoxy groups -OCH3 is 1. The van der Waals surface area contributed by atoms with Crippen molar-refractivity contribution in [1.29, 1.82) is 0 Å². The van der Waals surface area contributed by atoms with Crippen molar-refractivity contribution in [3.63, 3.8) is 0 Å². The molecule has 1 saturated carbocycles. The molecule has 3 aliphatic rings. The number of benzene rings is 1. The number of pyridine rings is 1. The molecule has 4 atom stereocenters. The van der Waals surface area contributed by atoms with E-state index in [9.17, 15) is 9.90 Å². The zero-order valence-electron chi connectivity index (χ0n) is 18.1. The van der Waals surface area contributed by atoms with Gasteiger partial charge in [0, 0.05) is 55.5 Å². The van der Waals surface area contributed by atoms with Gasteiger partial charge in [-0.1, -0.05) is 25.4 Å². The highest BCUT2D eigenvalue weighted by Gasteiger charge is 2.48. The minimum atomic E-state index is -0.887. The van der Waals surface area contributed by atoms with Crippen LogP contribution in [0.3, 0.4) is 0 Å². The van der Waals surface area contributed by atoms with Crippen molar-refractivity contribution < 1.29 is 19.3 Å². The van der Waals surface area contributed by atoms with Crippen LogP contribution in [0.2, 0.25) is 5.02 Å². The van der Waals surface area contributed by atoms with Gasteiger partial charge in [-0.05, 0) is 36.0 Å². The molecule has 2 aliphatic heterocycles. The van der Waals surface area contributed by atoms with Crippen LogP contribution in [0.15, 0.2) is 29.2 Å². The van der Waals surface area contributed by atoms with E-state index < -0.39 is 12.4 Å². The molecule has 1 N–H and O–H groups in total. The quantitative estimate of drug-likeness (QED) is 0.526. The maximum atomic E-state index is 12.9. The zero-order chi connectivity index (χ0) is 21.9. The number of aliphatic hydroxyl groups excluding tert-OH is 1. The van der Waals surface area contributed by atoms with Gasteiger partial charge in [0.05, 0.1) is 17.3 Å². The van der Waals surface area contributed by atoms with E-state index in [0.29, 0.717) is 35.5 Å². The fourth-order valence-electron chi connectivity index (χ4n) is 5.43. The molecule has 3 heterocycles. The number of hydrogen-bond donors (Lipinski definition) is 1. The number of halogens is 1. The Morgan fingerprint density at radius 3 is 2.74 bits per heavy atom. The van der Waals surface area contributed by atoms with Gasteiger partial charge >= 0.3 is 0 Å². The number of nitrogens with zero attached hydrogens (tertiary/aromatic N) is 1. The second kappa shape index (κ2) is 7.62. The summed E-state index contributed by atoms with van der Waals surface area (Å²) in [6.45, 7) is 5.74. The van der Waals surface area contributed by atoms with E-state index in [1.165, 1.54) is 5.56 Å². The van der Waals surface area contributed by atoms with Crippen molar-refractivity contribution >= 4 is 11.6 Å². The molecule has 1 aromatic carbocycles. The lowest BCUT2D eigenvalue weighted by Gasteiger charge is -2.40. The van der Waals surface area contributed by atoms with Crippen LogP contribution in [0, 0.1) is 5.41 Å². The molecule has 2 unspecified atom stereocenters. The molecule has 0 bridgehead atoms. The van der Waals surface area contributed by atoms with Gasteiger partial charge in [-0.3, -0.25) is 4.79 Å². The zero-order valence-corrected chi connectivity index (χ0v) is 18.8. The Morgan fingerprint density at radius 2 is 2.03 bits per heavy atom. The third-order valence-electron chi connectivity index (χ3n) is 6.99. The highest BCUT2D eigenvalue weighted by atomic mass is 35.5. The molecule has 1 saturated heterocycles. The van der Waals surface area contributed by atoms with Crippen LogP contribution in [0.25, 0.3) is 11.3 Å². The normalized spacial score (nSPS) is 27.4. The van der Waals surface area contributed by atoms with E-state index in [-0.39, 0.29) is 16.9 Å². The molecular formula is C24H28ClNO5. The smallest absolute Gasteiger partial charge is 0.188 e. The van der Waals surface area contributed by atoms with Gasteiger partial charge in [0.2, 0.25) is 0 Å². The monoisotopic (exact) mass is 445 g/mol. The average Bonchev–Trinajstić information content (AvgIpc) is 3.36. The number of rotatable bonds is 6. The molecule has 2 fully saturated rings. The largest absolute Gasteiger partial charge is 0.492 e. The van der Waals surface area contributed by atoms with Crippen LogP contribution in [0.5, 0.6) is 5.75 Å². The summed E-state index contributed by atoms with van der Waals surface area (Å²) >= 11 is 6.59. The second-order valence-electron chi connectivity index (χ2n) is 9.48. The lowest BCUT2D eigenvalue weighted by atomic mass is 9.77. The van der Waals surface area contributed by atoms with Crippen molar-refractivity contribution in [3.05, 3.63) is 50.8 Å². The highest BCUT2D eigenvalue weighted by Crippen LogP contribution is 2.59. The van der Waals surface area contributed by atoms with E-state index in [0.717, 1.165) is 30.5 Å². The third-order valence-corrected chi connectivity index (χ3v) is 7.29. The van der Waals surface area contributed by atoms with Crippen LogP contribution in [-0.2, 0) is 9.47 Å². The third kappa shape index (κ3) is 3.50. The molecule has 1 aromatic heterocycles. The van der Waals surface area contributed by atoms with Gasteiger partial charge < -0.3 is 23.9 Å². The fourth-order valence-corrected chi connectivity index (χ4v) is 5.64. The first-order valence-electron chi connectivity index (χ1n) is 10.9. The van der Waals surface area contributed by atoms with E-state index >= 15 is 0 Å². The standard InChI is InChI=1S/C24H28ClNO5/c1-24(2)6-5-13-14-10-20(30-8-4-7-29-3)17(25)9-15(14)18-11-19(27)16(21-23(28)31-21)12-26(18)22(13)24/h9-13,21-23,28H,4-8H2,1-3H3/t13-,21?,22+,23?/m0/s1. The molecular weight excluding hydrogens is 418 g/mol. The van der Waals surface area contributed by atoms with Crippen molar-refractivity contribution in [2.75, 3.05) is 20.3 Å². The van der Waals surface area contributed by atoms with Crippen molar-refractivity contribution in [2.45, 2.75) is 57.5 Å². The van der Waals surface area contributed by atoms with Gasteiger partial charge in [0.25, 0.3) is 0 Å².